The Morgan fingerprint density at radius 2 is 1.52 bits per heavy atom. The number of nitrogens with zero attached hydrogens (tertiary/aromatic N) is 5. The predicted molar refractivity (Wildman–Crippen MR) is 106 cm³/mol. The fraction of sp³-hybridized carbons (Fsp3) is 0.533. The van der Waals surface area contributed by atoms with Gasteiger partial charge >= 0.3 is 0 Å². The summed E-state index contributed by atoms with van der Waals surface area (Å²) in [6.07, 6.45) is 3.65. The molecule has 0 spiro atoms. The molecule has 0 amide bonds. The first kappa shape index (κ1) is 22.1. The number of nitriles is 2. The van der Waals surface area contributed by atoms with E-state index in [-0.39, 0.29) is 0 Å². The second-order valence-corrected chi connectivity index (χ2v) is 6.00. The van der Waals surface area contributed by atoms with Crippen LogP contribution in [0, 0.1) is 22.9 Å². The van der Waals surface area contributed by atoms with Gasteiger partial charge in [-0.05, 0) is 0 Å². The summed E-state index contributed by atoms with van der Waals surface area (Å²) in [6.45, 7) is 4.12. The second kappa shape index (κ2) is 14.3. The summed E-state index contributed by atoms with van der Waals surface area (Å²) in [5, 5.41) is 37.6. The largest absolute Gasteiger partial charge is 0.354 e. The van der Waals surface area contributed by atoms with Crippen LogP contribution in [0.1, 0.15) is 10.7 Å². The molecule has 11 nitrogen and oxygen atoms in total. The lowest BCUT2D eigenvalue weighted by Crippen LogP contribution is -2.38. The van der Waals surface area contributed by atoms with Gasteiger partial charge in [0.25, 0.3) is 0 Å². The minimum absolute atomic E-state index is 0.455. The molecule has 1 aromatic rings. The number of thiazole rings is 1. The smallest absolute Gasteiger partial charge is 0.204 e. The van der Waals surface area contributed by atoms with E-state index in [4.69, 9.17) is 10.5 Å². The van der Waals surface area contributed by atoms with Crippen LogP contribution in [-0.2, 0) is 13.1 Å². The van der Waals surface area contributed by atoms with Crippen molar-refractivity contribution in [1.82, 2.24) is 36.9 Å². The Hall–Kier alpha value is -2.93. The molecule has 0 saturated heterocycles. The average molecular weight is 392 g/mol. The van der Waals surface area contributed by atoms with Crippen LogP contribution in [0.25, 0.3) is 0 Å². The van der Waals surface area contributed by atoms with Crippen molar-refractivity contribution in [3.8, 4) is 12.4 Å². The van der Waals surface area contributed by atoms with Crippen molar-refractivity contribution in [2.24, 2.45) is 9.98 Å². The third-order valence-electron chi connectivity index (χ3n) is 3.17. The summed E-state index contributed by atoms with van der Waals surface area (Å²) in [6, 6.07) is 0. The molecule has 0 fully saturated rings. The van der Waals surface area contributed by atoms with E-state index in [1.165, 1.54) is 0 Å². The van der Waals surface area contributed by atoms with Crippen LogP contribution in [0.2, 0.25) is 0 Å². The highest BCUT2D eigenvalue weighted by Crippen LogP contribution is 2.08. The van der Waals surface area contributed by atoms with Gasteiger partial charge < -0.3 is 21.3 Å². The quantitative estimate of drug-likeness (QED) is 0.0929. The van der Waals surface area contributed by atoms with E-state index in [0.29, 0.717) is 38.1 Å². The number of hydrogen-bond donors (Lipinski definition) is 6. The average Bonchev–Trinajstić information content (AvgIpc) is 3.13. The monoisotopic (exact) mass is 391 g/mol. The first-order chi connectivity index (χ1) is 13.2. The highest BCUT2D eigenvalue weighted by molar-refractivity contribution is 7.09. The maximum Gasteiger partial charge on any atom is 0.204 e. The predicted octanol–water partition coefficient (Wildman–Crippen LogP) is -1.39. The van der Waals surface area contributed by atoms with Gasteiger partial charge in [-0.1, -0.05) is 0 Å². The van der Waals surface area contributed by atoms with Gasteiger partial charge in [-0.15, -0.1) is 11.3 Å². The summed E-state index contributed by atoms with van der Waals surface area (Å²) in [7, 11) is 3.22. The van der Waals surface area contributed by atoms with Crippen LogP contribution in [0.3, 0.4) is 0 Å². The maximum absolute atomic E-state index is 8.54. The molecule has 0 aliphatic carbocycles. The topological polar surface area (TPSA) is 157 Å². The van der Waals surface area contributed by atoms with Crippen LogP contribution < -0.4 is 31.9 Å². The highest BCUT2D eigenvalue weighted by Gasteiger charge is 2.02. The lowest BCUT2D eigenvalue weighted by Gasteiger charge is -2.07. The second-order valence-electron chi connectivity index (χ2n) is 5.06. The van der Waals surface area contributed by atoms with Crippen molar-refractivity contribution < 1.29 is 0 Å². The van der Waals surface area contributed by atoms with E-state index in [0.717, 1.165) is 23.8 Å². The van der Waals surface area contributed by atoms with Gasteiger partial charge in [0.05, 0.1) is 5.69 Å². The van der Waals surface area contributed by atoms with E-state index in [1.54, 1.807) is 25.4 Å². The molecule has 0 atom stereocenters. The summed E-state index contributed by atoms with van der Waals surface area (Å²) >= 11 is 1.61. The number of guanidine groups is 2. The van der Waals surface area contributed by atoms with E-state index >= 15 is 0 Å². The van der Waals surface area contributed by atoms with Crippen molar-refractivity contribution in [2.75, 3.05) is 40.3 Å². The lowest BCUT2D eigenvalue weighted by atomic mass is 10.4. The van der Waals surface area contributed by atoms with E-state index in [9.17, 15) is 0 Å². The first-order valence-electron chi connectivity index (χ1n) is 8.29. The van der Waals surface area contributed by atoms with Gasteiger partial charge in [-0.2, -0.15) is 10.5 Å². The molecule has 0 bridgehead atoms. The first-order valence-corrected chi connectivity index (χ1v) is 9.17. The van der Waals surface area contributed by atoms with Crippen LogP contribution in [-0.4, -0.2) is 57.2 Å². The summed E-state index contributed by atoms with van der Waals surface area (Å²) in [5.41, 5.74) is 0.994. The fourth-order valence-corrected chi connectivity index (χ4v) is 2.69. The Balaban J connectivity index is 2.13. The molecule has 0 aliphatic heterocycles. The van der Waals surface area contributed by atoms with Crippen molar-refractivity contribution in [3.05, 3.63) is 16.1 Å². The van der Waals surface area contributed by atoms with Gasteiger partial charge in [0.1, 0.15) is 5.01 Å². The Morgan fingerprint density at radius 3 is 2.04 bits per heavy atom. The molecule has 27 heavy (non-hydrogen) atoms. The number of rotatable bonds is 10. The maximum atomic E-state index is 8.54. The lowest BCUT2D eigenvalue weighted by molar-refractivity contribution is 0.648. The molecule has 0 saturated carbocycles. The molecule has 1 aromatic heterocycles. The Kier molecular flexibility index (Phi) is 11.7. The normalized spacial score (nSPS) is 11.4. The Labute approximate surface area is 163 Å². The summed E-state index contributed by atoms with van der Waals surface area (Å²) in [5.74, 6) is 0.911. The molecule has 0 aliphatic rings. The van der Waals surface area contributed by atoms with Crippen LogP contribution in [0.5, 0.6) is 0 Å². The standard InChI is InChI=1S/C15H25N11S/c1-18-14(24-10-16)22-5-3-20-7-12-9-27-13(26-12)8-21-4-6-23-15(19-2)25-11-17/h9,20-21H,3-8H2,1-2H3,(H2,18,22,24)(H2,19,23,25). The van der Waals surface area contributed by atoms with E-state index < -0.39 is 0 Å². The zero-order valence-corrected chi connectivity index (χ0v) is 16.3. The van der Waals surface area contributed by atoms with E-state index in [1.807, 2.05) is 17.8 Å². The van der Waals surface area contributed by atoms with Gasteiger partial charge in [0, 0.05) is 58.7 Å². The molecule has 0 unspecified atom stereocenters. The molecule has 1 heterocycles. The van der Waals surface area contributed by atoms with Crippen molar-refractivity contribution in [2.45, 2.75) is 13.1 Å². The molecule has 1 rings (SSSR count). The zero-order chi connectivity index (χ0) is 19.7. The molecule has 146 valence electrons. The number of aliphatic imine (C=N–C) groups is 2. The number of hydrogen-bond acceptors (Lipinski definition) is 8. The van der Waals surface area contributed by atoms with Gasteiger partial charge in [-0.25, -0.2) is 4.98 Å². The number of aromatic nitrogens is 1. The SMILES string of the molecule is CN=C(NC#N)NCCNCc1csc(CNCCNC(=NC)NC#N)n1. The fourth-order valence-electron chi connectivity index (χ4n) is 1.93. The molecule has 0 radical (unpaired) electrons. The molecular formula is C15H25N11S. The van der Waals surface area contributed by atoms with Gasteiger partial charge in [0.15, 0.2) is 12.4 Å². The van der Waals surface area contributed by atoms with Gasteiger partial charge in [0.2, 0.25) is 11.9 Å². The van der Waals surface area contributed by atoms with Gasteiger partial charge in [-0.3, -0.25) is 20.6 Å². The van der Waals surface area contributed by atoms with Crippen molar-refractivity contribution in [1.29, 1.82) is 10.5 Å². The van der Waals surface area contributed by atoms with Crippen LogP contribution >= 0.6 is 11.3 Å². The molecule has 12 heteroatoms. The summed E-state index contributed by atoms with van der Waals surface area (Å²) < 4.78 is 0. The van der Waals surface area contributed by atoms with Crippen molar-refractivity contribution >= 4 is 23.3 Å². The van der Waals surface area contributed by atoms with Crippen LogP contribution in [0.15, 0.2) is 15.4 Å². The Morgan fingerprint density at radius 1 is 0.963 bits per heavy atom. The third-order valence-corrected chi connectivity index (χ3v) is 4.06. The van der Waals surface area contributed by atoms with Crippen LogP contribution in [0.4, 0.5) is 0 Å². The van der Waals surface area contributed by atoms with Crippen molar-refractivity contribution in [3.63, 3.8) is 0 Å². The molecular weight excluding hydrogens is 366 g/mol. The minimum Gasteiger partial charge on any atom is -0.354 e. The number of nitrogens with one attached hydrogen (secondary N) is 6. The third kappa shape index (κ3) is 9.96. The zero-order valence-electron chi connectivity index (χ0n) is 15.5. The molecule has 0 aromatic carbocycles. The highest BCUT2D eigenvalue weighted by atomic mass is 32.1. The summed E-state index contributed by atoms with van der Waals surface area (Å²) in [4.78, 5) is 12.4. The van der Waals surface area contributed by atoms with E-state index in [2.05, 4.69) is 46.9 Å². The molecule has 6 N–H and O–H groups in total. The Bertz CT molecular complexity index is 626. The minimum atomic E-state index is 0.455.